The van der Waals surface area contributed by atoms with Crippen LogP contribution in [-0.2, 0) is 6.54 Å². The first-order valence-electron chi connectivity index (χ1n) is 8.35. The van der Waals surface area contributed by atoms with E-state index in [9.17, 15) is 9.90 Å². The van der Waals surface area contributed by atoms with Gasteiger partial charge >= 0.3 is 0 Å². The van der Waals surface area contributed by atoms with Crippen LogP contribution in [0.25, 0.3) is 5.65 Å². The minimum absolute atomic E-state index is 0.113. The maximum Gasteiger partial charge on any atom is 0.272 e. The second-order valence-electron chi connectivity index (χ2n) is 6.29. The van der Waals surface area contributed by atoms with Crippen molar-refractivity contribution < 1.29 is 14.3 Å². The predicted molar refractivity (Wildman–Crippen MR) is 91.1 cm³/mol. The summed E-state index contributed by atoms with van der Waals surface area (Å²) in [5.41, 5.74) is 1.25. The van der Waals surface area contributed by atoms with Crippen LogP contribution in [0, 0.1) is 0 Å². The fourth-order valence-corrected chi connectivity index (χ4v) is 3.26. The number of hydrogen-bond acceptors (Lipinski definition) is 5. The van der Waals surface area contributed by atoms with E-state index in [1.54, 1.807) is 21.8 Å². The van der Waals surface area contributed by atoms with Crippen LogP contribution in [-0.4, -0.2) is 62.5 Å². The topological polar surface area (TPSA) is 74.2 Å². The lowest BCUT2D eigenvalue weighted by Gasteiger charge is -2.21. The van der Waals surface area contributed by atoms with Gasteiger partial charge in [-0.25, -0.2) is 4.98 Å². The Morgan fingerprint density at radius 3 is 3.00 bits per heavy atom. The Morgan fingerprint density at radius 2 is 2.16 bits per heavy atom. The molecule has 1 fully saturated rings. The van der Waals surface area contributed by atoms with E-state index in [1.807, 2.05) is 36.5 Å². The van der Waals surface area contributed by atoms with Gasteiger partial charge < -0.3 is 14.4 Å². The first-order valence-corrected chi connectivity index (χ1v) is 8.35. The molecule has 3 aromatic heterocycles. The molecule has 1 atom stereocenters. The van der Waals surface area contributed by atoms with Gasteiger partial charge in [0.1, 0.15) is 17.1 Å². The summed E-state index contributed by atoms with van der Waals surface area (Å²) in [7, 11) is 0. The number of β-amino-alcohol motifs (C(OH)–C–C–N with tert-alkyl or cyclic N) is 1. The number of hydrogen-bond donors (Lipinski definition) is 1. The molecule has 4 heterocycles. The van der Waals surface area contributed by atoms with Crippen molar-refractivity contribution in [2.75, 3.05) is 26.2 Å². The Morgan fingerprint density at radius 1 is 1.24 bits per heavy atom. The van der Waals surface area contributed by atoms with Crippen molar-refractivity contribution in [3.8, 4) is 0 Å². The highest BCUT2D eigenvalue weighted by molar-refractivity contribution is 5.93. The molecule has 1 saturated heterocycles. The van der Waals surface area contributed by atoms with Gasteiger partial charge in [0.25, 0.3) is 5.91 Å². The molecule has 0 spiro atoms. The largest absolute Gasteiger partial charge is 0.468 e. The summed E-state index contributed by atoms with van der Waals surface area (Å²) in [5, 5.41) is 10.3. The molecule has 4 rings (SSSR count). The quantitative estimate of drug-likeness (QED) is 0.777. The van der Waals surface area contributed by atoms with Gasteiger partial charge in [0.2, 0.25) is 0 Å². The molecular weight excluding hydrogens is 320 g/mol. The number of fused-ring (bicyclic) bond motifs is 1. The number of carbonyl (C=O) groups excluding carboxylic acids is 1. The summed E-state index contributed by atoms with van der Waals surface area (Å²) in [6, 6.07) is 9.38. The zero-order chi connectivity index (χ0) is 17.2. The number of pyridine rings is 1. The fraction of sp³-hybridized carbons (Fsp3) is 0.333. The smallest absolute Gasteiger partial charge is 0.272 e. The summed E-state index contributed by atoms with van der Waals surface area (Å²) >= 11 is 0. The Hall–Kier alpha value is -2.64. The van der Waals surface area contributed by atoms with Gasteiger partial charge in [0, 0.05) is 32.4 Å². The van der Waals surface area contributed by atoms with Crippen molar-refractivity contribution in [2.24, 2.45) is 0 Å². The lowest BCUT2D eigenvalue weighted by atomic mass is 10.3. The minimum Gasteiger partial charge on any atom is -0.468 e. The van der Waals surface area contributed by atoms with Crippen LogP contribution in [0.2, 0.25) is 0 Å². The molecule has 0 aromatic carbocycles. The van der Waals surface area contributed by atoms with Gasteiger partial charge in [-0.15, -0.1) is 0 Å². The molecule has 130 valence electrons. The van der Waals surface area contributed by atoms with E-state index < -0.39 is 6.10 Å². The Labute approximate surface area is 145 Å². The van der Waals surface area contributed by atoms with E-state index in [0.717, 1.165) is 11.4 Å². The molecule has 1 amide bonds. The zero-order valence-corrected chi connectivity index (χ0v) is 13.8. The van der Waals surface area contributed by atoms with E-state index in [2.05, 4.69) is 9.88 Å². The number of carbonyl (C=O) groups is 1. The van der Waals surface area contributed by atoms with Crippen molar-refractivity contribution in [2.45, 2.75) is 12.6 Å². The molecule has 0 unspecified atom stereocenters. The average Bonchev–Trinajstić information content (AvgIpc) is 3.23. The molecule has 7 heteroatoms. The van der Waals surface area contributed by atoms with Crippen molar-refractivity contribution in [1.82, 2.24) is 19.2 Å². The molecule has 1 N–H and O–H groups in total. The van der Waals surface area contributed by atoms with E-state index in [-0.39, 0.29) is 5.91 Å². The van der Waals surface area contributed by atoms with Crippen molar-refractivity contribution >= 4 is 11.6 Å². The number of rotatable bonds is 3. The normalized spacial score (nSPS) is 19.2. The molecule has 7 nitrogen and oxygen atoms in total. The number of aliphatic hydroxyl groups excluding tert-OH is 1. The monoisotopic (exact) mass is 340 g/mol. The third kappa shape index (κ3) is 3.29. The molecule has 0 radical (unpaired) electrons. The van der Waals surface area contributed by atoms with Crippen LogP contribution >= 0.6 is 0 Å². The molecule has 1 aliphatic heterocycles. The first-order chi connectivity index (χ1) is 12.2. The van der Waals surface area contributed by atoms with Crippen LogP contribution < -0.4 is 0 Å². The standard InChI is InChI=1S/C18H20N4O3/c23-14-11-20(13-15-4-3-9-25-15)7-8-21(12-14)18(24)16-10-19-17-5-1-2-6-22(16)17/h1-6,9-10,14,23H,7-8,11-13H2/t14-/m1/s1. The van der Waals surface area contributed by atoms with Gasteiger partial charge in [-0.2, -0.15) is 0 Å². The fourth-order valence-electron chi connectivity index (χ4n) is 3.26. The number of amides is 1. The SMILES string of the molecule is O=C(c1cnc2ccccn12)N1CCN(Cc2ccco2)C[C@@H](O)C1. The number of aliphatic hydroxyl groups is 1. The maximum atomic E-state index is 12.9. The number of nitrogens with zero attached hydrogens (tertiary/aromatic N) is 4. The van der Waals surface area contributed by atoms with Gasteiger partial charge in [0.15, 0.2) is 0 Å². The van der Waals surface area contributed by atoms with Crippen LogP contribution in [0.3, 0.4) is 0 Å². The van der Waals surface area contributed by atoms with Crippen LogP contribution in [0.4, 0.5) is 0 Å². The summed E-state index contributed by atoms with van der Waals surface area (Å²) in [6.07, 6.45) is 4.47. The Balaban J connectivity index is 1.50. The van der Waals surface area contributed by atoms with Gasteiger partial charge in [-0.05, 0) is 24.3 Å². The highest BCUT2D eigenvalue weighted by Gasteiger charge is 2.27. The summed E-state index contributed by atoms with van der Waals surface area (Å²) in [4.78, 5) is 21.0. The average molecular weight is 340 g/mol. The number of imidazole rings is 1. The molecule has 0 aliphatic carbocycles. The number of aromatic nitrogens is 2. The highest BCUT2D eigenvalue weighted by atomic mass is 16.3. The number of furan rings is 1. The first kappa shape index (κ1) is 15.9. The highest BCUT2D eigenvalue weighted by Crippen LogP contribution is 2.14. The lowest BCUT2D eigenvalue weighted by Crippen LogP contribution is -2.38. The Kier molecular flexibility index (Phi) is 4.25. The van der Waals surface area contributed by atoms with Crippen molar-refractivity contribution in [1.29, 1.82) is 0 Å². The van der Waals surface area contributed by atoms with Crippen molar-refractivity contribution in [3.63, 3.8) is 0 Å². The summed E-state index contributed by atoms with van der Waals surface area (Å²) in [6.45, 7) is 2.68. The second kappa shape index (κ2) is 6.70. The zero-order valence-electron chi connectivity index (χ0n) is 13.8. The lowest BCUT2D eigenvalue weighted by molar-refractivity contribution is 0.0655. The van der Waals surface area contributed by atoms with E-state index in [1.165, 1.54) is 0 Å². The third-order valence-corrected chi connectivity index (χ3v) is 4.47. The van der Waals surface area contributed by atoms with Crippen LogP contribution in [0.5, 0.6) is 0 Å². The minimum atomic E-state index is -0.597. The van der Waals surface area contributed by atoms with Crippen molar-refractivity contribution in [3.05, 3.63) is 60.4 Å². The predicted octanol–water partition coefficient (Wildman–Crippen LogP) is 1.25. The third-order valence-electron chi connectivity index (χ3n) is 4.47. The van der Waals surface area contributed by atoms with E-state index in [4.69, 9.17) is 4.42 Å². The van der Waals surface area contributed by atoms with Gasteiger partial charge in [-0.1, -0.05) is 6.07 Å². The molecule has 25 heavy (non-hydrogen) atoms. The van der Waals surface area contributed by atoms with Crippen LogP contribution in [0.15, 0.2) is 53.4 Å². The summed E-state index contributed by atoms with van der Waals surface area (Å²) in [5.74, 6) is 0.742. The summed E-state index contributed by atoms with van der Waals surface area (Å²) < 4.78 is 7.16. The van der Waals surface area contributed by atoms with Gasteiger partial charge in [0.05, 0.1) is 25.1 Å². The van der Waals surface area contributed by atoms with E-state index >= 15 is 0 Å². The molecule has 1 aliphatic rings. The Bertz CT molecular complexity index is 858. The molecular formula is C18H20N4O3. The second-order valence-corrected chi connectivity index (χ2v) is 6.29. The van der Waals surface area contributed by atoms with Crippen LogP contribution in [0.1, 0.15) is 16.2 Å². The van der Waals surface area contributed by atoms with Gasteiger partial charge in [-0.3, -0.25) is 14.1 Å². The molecule has 0 bridgehead atoms. The maximum absolute atomic E-state index is 12.9. The molecule has 3 aromatic rings. The van der Waals surface area contributed by atoms with E-state index in [0.29, 0.717) is 38.4 Å². The molecule has 0 saturated carbocycles.